The average Bonchev–Trinajstić information content (AvgIpc) is 2.61. The number of nitrogens with zero attached hydrogens (tertiary/aromatic N) is 1. The predicted octanol–water partition coefficient (Wildman–Crippen LogP) is 3.28. The van der Waals surface area contributed by atoms with Crippen LogP contribution in [-0.2, 0) is 4.79 Å². The van der Waals surface area contributed by atoms with Crippen molar-refractivity contribution in [2.75, 3.05) is 13.7 Å². The van der Waals surface area contributed by atoms with Crippen LogP contribution in [-0.4, -0.2) is 25.8 Å². The van der Waals surface area contributed by atoms with Crippen molar-refractivity contribution in [1.29, 1.82) is 0 Å². The molecule has 0 spiro atoms. The molecule has 0 aliphatic carbocycles. The fourth-order valence-corrected chi connectivity index (χ4v) is 1.97. The monoisotopic (exact) mass is 324 g/mol. The van der Waals surface area contributed by atoms with Crippen molar-refractivity contribution in [3.8, 4) is 11.5 Å². The molecule has 0 aliphatic rings. The largest absolute Gasteiger partial charge is 0.493 e. The molecule has 24 heavy (non-hydrogen) atoms. The first-order valence-corrected chi connectivity index (χ1v) is 7.50. The molecule has 5 nitrogen and oxygen atoms in total. The Morgan fingerprint density at radius 1 is 1.08 bits per heavy atom. The Labute approximate surface area is 141 Å². The van der Waals surface area contributed by atoms with Gasteiger partial charge >= 0.3 is 0 Å². The van der Waals surface area contributed by atoms with Gasteiger partial charge in [0.05, 0.1) is 13.3 Å². The van der Waals surface area contributed by atoms with Gasteiger partial charge in [0.1, 0.15) is 0 Å². The second kappa shape index (κ2) is 9.15. The molecule has 2 aromatic carbocycles. The first kappa shape index (κ1) is 17.3. The van der Waals surface area contributed by atoms with Crippen LogP contribution in [0.25, 0.3) is 6.08 Å². The molecule has 1 amide bonds. The molecule has 124 valence electrons. The number of hydrazone groups is 1. The van der Waals surface area contributed by atoms with Crippen molar-refractivity contribution in [2.24, 2.45) is 5.10 Å². The minimum atomic E-state index is -0.343. The highest BCUT2D eigenvalue weighted by Gasteiger charge is 2.05. The molecule has 0 saturated carbocycles. The summed E-state index contributed by atoms with van der Waals surface area (Å²) in [5, 5.41) is 3.92. The third kappa shape index (κ3) is 5.61. The van der Waals surface area contributed by atoms with E-state index in [1.807, 2.05) is 55.5 Å². The van der Waals surface area contributed by atoms with Crippen LogP contribution in [0.3, 0.4) is 0 Å². The standard InChI is InChI=1S/C19H20N2O3/c1-15(12-16-8-4-3-5-9-16)13-20-21-19(22)14-24-18-11-7-6-10-17(18)23-2/h3-13H,14H2,1-2H3,(H,21,22)/b15-12-,20-13+. The molecule has 0 fully saturated rings. The summed E-state index contributed by atoms with van der Waals surface area (Å²) in [6.45, 7) is 1.77. The normalized spacial score (nSPS) is 11.3. The van der Waals surface area contributed by atoms with E-state index < -0.39 is 0 Å². The van der Waals surface area contributed by atoms with Crippen LogP contribution in [0.15, 0.2) is 65.3 Å². The predicted molar refractivity (Wildman–Crippen MR) is 95.2 cm³/mol. The molecule has 0 atom stereocenters. The molecule has 2 aromatic rings. The van der Waals surface area contributed by atoms with E-state index in [1.54, 1.807) is 25.5 Å². The molecule has 0 heterocycles. The van der Waals surface area contributed by atoms with E-state index >= 15 is 0 Å². The van der Waals surface area contributed by atoms with Crippen LogP contribution in [0, 0.1) is 0 Å². The Hall–Kier alpha value is -3.08. The fraction of sp³-hybridized carbons (Fsp3) is 0.158. The number of carbonyl (C=O) groups excluding carboxylic acids is 1. The van der Waals surface area contributed by atoms with Gasteiger partial charge in [-0.05, 0) is 30.2 Å². The number of carbonyl (C=O) groups is 1. The number of ether oxygens (including phenoxy) is 2. The van der Waals surface area contributed by atoms with Gasteiger partial charge in [-0.25, -0.2) is 5.43 Å². The van der Waals surface area contributed by atoms with Gasteiger partial charge in [-0.3, -0.25) is 4.79 Å². The number of nitrogens with one attached hydrogen (secondary N) is 1. The lowest BCUT2D eigenvalue weighted by Crippen LogP contribution is -2.24. The van der Waals surface area contributed by atoms with Gasteiger partial charge in [-0.1, -0.05) is 48.5 Å². The number of benzene rings is 2. The Balaban J connectivity index is 1.81. The lowest BCUT2D eigenvalue weighted by molar-refractivity contribution is -0.123. The molecule has 0 aromatic heterocycles. The van der Waals surface area contributed by atoms with E-state index in [2.05, 4.69) is 10.5 Å². The summed E-state index contributed by atoms with van der Waals surface area (Å²) in [4.78, 5) is 11.7. The first-order valence-electron chi connectivity index (χ1n) is 7.50. The Morgan fingerprint density at radius 2 is 1.75 bits per heavy atom. The van der Waals surface area contributed by atoms with Crippen molar-refractivity contribution >= 4 is 18.2 Å². The summed E-state index contributed by atoms with van der Waals surface area (Å²) in [5.74, 6) is 0.749. The van der Waals surface area contributed by atoms with Crippen LogP contribution in [0.5, 0.6) is 11.5 Å². The molecular weight excluding hydrogens is 304 g/mol. The number of methoxy groups -OCH3 is 1. The van der Waals surface area contributed by atoms with Crippen molar-refractivity contribution < 1.29 is 14.3 Å². The highest BCUT2D eigenvalue weighted by molar-refractivity contribution is 5.86. The van der Waals surface area contributed by atoms with Gasteiger partial charge in [-0.2, -0.15) is 5.10 Å². The van der Waals surface area contributed by atoms with Crippen molar-refractivity contribution in [3.05, 3.63) is 65.7 Å². The van der Waals surface area contributed by atoms with Crippen LogP contribution in [0.1, 0.15) is 12.5 Å². The molecule has 1 N–H and O–H groups in total. The number of rotatable bonds is 7. The number of amides is 1. The minimum Gasteiger partial charge on any atom is -0.493 e. The van der Waals surface area contributed by atoms with Crippen molar-refractivity contribution in [2.45, 2.75) is 6.92 Å². The summed E-state index contributed by atoms with van der Waals surface area (Å²) < 4.78 is 10.6. The molecule has 5 heteroatoms. The molecule has 0 saturated heterocycles. The summed E-state index contributed by atoms with van der Waals surface area (Å²) >= 11 is 0. The molecule has 0 aliphatic heterocycles. The van der Waals surface area contributed by atoms with Gasteiger partial charge in [0.2, 0.25) is 0 Å². The van der Waals surface area contributed by atoms with E-state index in [1.165, 1.54) is 0 Å². The highest BCUT2D eigenvalue weighted by atomic mass is 16.5. The lowest BCUT2D eigenvalue weighted by Gasteiger charge is -2.09. The van der Waals surface area contributed by atoms with Gasteiger partial charge in [0.25, 0.3) is 5.91 Å². The average molecular weight is 324 g/mol. The van der Waals surface area contributed by atoms with Gasteiger partial charge in [0, 0.05) is 0 Å². The van der Waals surface area contributed by atoms with Crippen LogP contribution >= 0.6 is 0 Å². The van der Waals surface area contributed by atoms with Crippen molar-refractivity contribution in [1.82, 2.24) is 5.43 Å². The van der Waals surface area contributed by atoms with E-state index in [-0.39, 0.29) is 12.5 Å². The Kier molecular flexibility index (Phi) is 6.58. The van der Waals surface area contributed by atoms with Gasteiger partial charge in [-0.15, -0.1) is 0 Å². The number of hydrogen-bond donors (Lipinski definition) is 1. The molecule has 0 unspecified atom stereocenters. The zero-order valence-electron chi connectivity index (χ0n) is 13.7. The highest BCUT2D eigenvalue weighted by Crippen LogP contribution is 2.25. The zero-order chi connectivity index (χ0) is 17.2. The van der Waals surface area contributed by atoms with E-state index in [9.17, 15) is 4.79 Å². The van der Waals surface area contributed by atoms with Gasteiger partial charge < -0.3 is 9.47 Å². The molecular formula is C19H20N2O3. The zero-order valence-corrected chi connectivity index (χ0v) is 13.7. The van der Waals surface area contributed by atoms with E-state index in [4.69, 9.17) is 9.47 Å². The van der Waals surface area contributed by atoms with Crippen molar-refractivity contribution in [3.63, 3.8) is 0 Å². The minimum absolute atomic E-state index is 0.140. The van der Waals surface area contributed by atoms with Crippen LogP contribution in [0.4, 0.5) is 0 Å². The maximum atomic E-state index is 11.7. The lowest BCUT2D eigenvalue weighted by atomic mass is 10.1. The maximum absolute atomic E-state index is 11.7. The second-order valence-corrected chi connectivity index (χ2v) is 5.03. The quantitative estimate of drug-likeness (QED) is 0.628. The van der Waals surface area contributed by atoms with Gasteiger partial charge in [0.15, 0.2) is 18.1 Å². The van der Waals surface area contributed by atoms with Crippen LogP contribution in [0.2, 0.25) is 0 Å². The summed E-state index contributed by atoms with van der Waals surface area (Å²) in [6.07, 6.45) is 3.56. The van der Waals surface area contributed by atoms with E-state index in [0.29, 0.717) is 11.5 Å². The number of allylic oxidation sites excluding steroid dienone is 1. The Bertz CT molecular complexity index is 724. The molecule has 2 rings (SSSR count). The Morgan fingerprint density at radius 3 is 2.46 bits per heavy atom. The number of hydrogen-bond acceptors (Lipinski definition) is 4. The summed E-state index contributed by atoms with van der Waals surface area (Å²) in [6, 6.07) is 17.0. The topological polar surface area (TPSA) is 59.9 Å². The third-order valence-electron chi connectivity index (χ3n) is 3.08. The SMILES string of the molecule is COc1ccccc1OCC(=O)N/N=C/C(C)=C\c1ccccc1. The molecule has 0 bridgehead atoms. The maximum Gasteiger partial charge on any atom is 0.277 e. The third-order valence-corrected chi connectivity index (χ3v) is 3.08. The summed E-state index contributed by atoms with van der Waals surface area (Å²) in [5.41, 5.74) is 4.43. The molecule has 0 radical (unpaired) electrons. The fourth-order valence-electron chi connectivity index (χ4n) is 1.97. The second-order valence-electron chi connectivity index (χ2n) is 5.03. The summed E-state index contributed by atoms with van der Waals surface area (Å²) in [7, 11) is 1.55. The van der Waals surface area contributed by atoms with Crippen LogP contribution < -0.4 is 14.9 Å². The smallest absolute Gasteiger partial charge is 0.277 e. The van der Waals surface area contributed by atoms with E-state index in [0.717, 1.165) is 11.1 Å². The first-order chi connectivity index (χ1) is 11.7. The number of para-hydroxylation sites is 2.